The van der Waals surface area contributed by atoms with Crippen molar-refractivity contribution < 1.29 is 0 Å². The maximum Gasteiger partial charge on any atom is 0.0479 e. The third kappa shape index (κ3) is 2.89. The van der Waals surface area contributed by atoms with Crippen LogP contribution in [0.25, 0.3) is 0 Å². The summed E-state index contributed by atoms with van der Waals surface area (Å²) in [4.78, 5) is 0. The Kier molecular flexibility index (Phi) is 4.61. The number of halogens is 2. The molecule has 0 spiro atoms. The van der Waals surface area contributed by atoms with E-state index in [1.54, 1.807) is 0 Å². The van der Waals surface area contributed by atoms with Gasteiger partial charge in [-0.05, 0) is 36.5 Å². The maximum atomic E-state index is 5.88. The first-order valence-electron chi connectivity index (χ1n) is 4.49. The minimum absolute atomic E-state index is 0.601. The average Bonchev–Trinajstić information content (AvgIpc) is 2.15. The molecule has 2 heteroatoms. The van der Waals surface area contributed by atoms with Gasteiger partial charge in [0, 0.05) is 11.8 Å². The second kappa shape index (κ2) is 5.51. The van der Waals surface area contributed by atoms with Gasteiger partial charge in [-0.1, -0.05) is 18.2 Å². The summed E-state index contributed by atoms with van der Waals surface area (Å²) >= 11 is 11.5. The predicted octanol–water partition coefficient (Wildman–Crippen LogP) is 3.91. The molecule has 0 saturated heterocycles. The lowest BCUT2D eigenvalue weighted by Gasteiger charge is -2.08. The molecule has 1 aromatic carbocycles. The zero-order valence-electron chi connectivity index (χ0n) is 7.82. The van der Waals surface area contributed by atoms with Gasteiger partial charge in [0.05, 0.1) is 0 Å². The highest BCUT2D eigenvalue weighted by Gasteiger charge is 2.03. The van der Waals surface area contributed by atoms with Gasteiger partial charge in [-0.15, -0.1) is 23.2 Å². The Hall–Kier alpha value is -0.200. The first-order valence-corrected chi connectivity index (χ1v) is 5.55. The Morgan fingerprint density at radius 3 is 2.62 bits per heavy atom. The molecule has 0 saturated carbocycles. The minimum atomic E-state index is 0.601. The normalized spacial score (nSPS) is 10.4. The van der Waals surface area contributed by atoms with Crippen molar-refractivity contribution in [3.63, 3.8) is 0 Å². The zero-order chi connectivity index (χ0) is 9.68. The third-order valence-electron chi connectivity index (χ3n) is 2.22. The largest absolute Gasteiger partial charge is 0.127 e. The van der Waals surface area contributed by atoms with Crippen molar-refractivity contribution in [2.24, 2.45) is 0 Å². The number of hydrogen-bond acceptors (Lipinski definition) is 0. The number of hydrogen-bond donors (Lipinski definition) is 0. The molecular formula is C11H14Cl2. The van der Waals surface area contributed by atoms with E-state index in [0.717, 1.165) is 18.7 Å². The van der Waals surface area contributed by atoms with Gasteiger partial charge in [0.1, 0.15) is 0 Å². The predicted molar refractivity (Wildman–Crippen MR) is 59.8 cm³/mol. The quantitative estimate of drug-likeness (QED) is 0.671. The van der Waals surface area contributed by atoms with Crippen LogP contribution in [0.3, 0.4) is 0 Å². The Bertz CT molecular complexity index is 269. The van der Waals surface area contributed by atoms with Gasteiger partial charge < -0.3 is 0 Å². The van der Waals surface area contributed by atoms with E-state index in [2.05, 4.69) is 25.1 Å². The molecule has 0 atom stereocenters. The van der Waals surface area contributed by atoms with Gasteiger partial charge in [-0.25, -0.2) is 0 Å². The number of aryl methyl sites for hydroxylation is 2. The molecule has 13 heavy (non-hydrogen) atoms. The maximum absolute atomic E-state index is 5.88. The highest BCUT2D eigenvalue weighted by Crippen LogP contribution is 2.18. The summed E-state index contributed by atoms with van der Waals surface area (Å²) in [6, 6.07) is 6.31. The lowest BCUT2D eigenvalue weighted by Crippen LogP contribution is -1.95. The molecule has 0 aromatic heterocycles. The molecule has 72 valence electrons. The van der Waals surface area contributed by atoms with Crippen LogP contribution < -0.4 is 0 Å². The second-order valence-electron chi connectivity index (χ2n) is 3.14. The molecule has 0 heterocycles. The van der Waals surface area contributed by atoms with Crippen LogP contribution in [0.4, 0.5) is 0 Å². The fourth-order valence-electron chi connectivity index (χ4n) is 1.45. The van der Waals surface area contributed by atoms with Crippen LogP contribution in [-0.4, -0.2) is 5.88 Å². The lowest BCUT2D eigenvalue weighted by atomic mass is 10.00. The molecule has 0 bridgehead atoms. The lowest BCUT2D eigenvalue weighted by molar-refractivity contribution is 0.914. The van der Waals surface area contributed by atoms with Gasteiger partial charge in [0.2, 0.25) is 0 Å². The van der Waals surface area contributed by atoms with Gasteiger partial charge in [0.15, 0.2) is 0 Å². The first-order chi connectivity index (χ1) is 6.29. The van der Waals surface area contributed by atoms with Crippen molar-refractivity contribution in [1.29, 1.82) is 0 Å². The fraction of sp³-hybridized carbons (Fsp3) is 0.455. The molecule has 0 aliphatic rings. The van der Waals surface area contributed by atoms with E-state index in [4.69, 9.17) is 23.2 Å². The van der Waals surface area contributed by atoms with E-state index in [1.165, 1.54) is 16.7 Å². The fourth-order valence-corrected chi connectivity index (χ4v) is 1.96. The van der Waals surface area contributed by atoms with Crippen molar-refractivity contribution in [3.05, 3.63) is 34.9 Å². The van der Waals surface area contributed by atoms with E-state index >= 15 is 0 Å². The summed E-state index contributed by atoms with van der Waals surface area (Å²) in [5.74, 6) is 1.32. The molecule has 0 radical (unpaired) electrons. The minimum Gasteiger partial charge on any atom is -0.127 e. The van der Waals surface area contributed by atoms with Gasteiger partial charge in [0.25, 0.3) is 0 Å². The second-order valence-corrected chi connectivity index (χ2v) is 3.78. The van der Waals surface area contributed by atoms with Crippen LogP contribution in [0.15, 0.2) is 18.2 Å². The molecular weight excluding hydrogens is 203 g/mol. The van der Waals surface area contributed by atoms with E-state index in [9.17, 15) is 0 Å². The average molecular weight is 217 g/mol. The summed E-state index contributed by atoms with van der Waals surface area (Å²) in [5.41, 5.74) is 3.90. The number of alkyl halides is 2. The summed E-state index contributed by atoms with van der Waals surface area (Å²) in [5, 5.41) is 0. The van der Waals surface area contributed by atoms with Gasteiger partial charge in [-0.2, -0.15) is 0 Å². The van der Waals surface area contributed by atoms with E-state index in [1.807, 2.05) is 0 Å². The topological polar surface area (TPSA) is 0 Å². The van der Waals surface area contributed by atoms with Gasteiger partial charge >= 0.3 is 0 Å². The molecule has 0 N–H and O–H groups in total. The molecule has 1 aromatic rings. The van der Waals surface area contributed by atoms with Crippen molar-refractivity contribution in [3.8, 4) is 0 Å². The summed E-state index contributed by atoms with van der Waals surface area (Å²) < 4.78 is 0. The van der Waals surface area contributed by atoms with E-state index in [-0.39, 0.29) is 0 Å². The Morgan fingerprint density at radius 1 is 1.23 bits per heavy atom. The molecule has 0 amide bonds. The van der Waals surface area contributed by atoms with Crippen LogP contribution in [-0.2, 0) is 12.3 Å². The van der Waals surface area contributed by atoms with Crippen LogP contribution >= 0.6 is 23.2 Å². The highest BCUT2D eigenvalue weighted by atomic mass is 35.5. The standard InChI is InChI=1S/C11H14Cl2/c1-9-4-2-5-10(6-3-7-12)11(9)8-13/h2,4-5H,3,6-8H2,1H3. The molecule has 0 fully saturated rings. The SMILES string of the molecule is Cc1cccc(CCCCl)c1CCl. The van der Waals surface area contributed by atoms with E-state index < -0.39 is 0 Å². The highest BCUT2D eigenvalue weighted by molar-refractivity contribution is 6.18. The zero-order valence-corrected chi connectivity index (χ0v) is 9.33. The first kappa shape index (κ1) is 10.9. The van der Waals surface area contributed by atoms with E-state index in [0.29, 0.717) is 5.88 Å². The van der Waals surface area contributed by atoms with Crippen LogP contribution in [0, 0.1) is 6.92 Å². The Morgan fingerprint density at radius 2 is 2.00 bits per heavy atom. The Balaban J connectivity index is 2.85. The van der Waals surface area contributed by atoms with Crippen molar-refractivity contribution in [2.75, 3.05) is 5.88 Å². The summed E-state index contributed by atoms with van der Waals surface area (Å²) in [7, 11) is 0. The third-order valence-corrected chi connectivity index (χ3v) is 2.76. The summed E-state index contributed by atoms with van der Waals surface area (Å²) in [6.45, 7) is 2.10. The van der Waals surface area contributed by atoms with Crippen molar-refractivity contribution in [1.82, 2.24) is 0 Å². The number of benzene rings is 1. The monoisotopic (exact) mass is 216 g/mol. The smallest absolute Gasteiger partial charge is 0.0479 e. The van der Waals surface area contributed by atoms with Crippen LogP contribution in [0.1, 0.15) is 23.1 Å². The number of rotatable bonds is 4. The molecule has 0 aliphatic carbocycles. The Labute approximate surface area is 89.9 Å². The molecule has 0 nitrogen and oxygen atoms in total. The van der Waals surface area contributed by atoms with Crippen molar-refractivity contribution in [2.45, 2.75) is 25.6 Å². The summed E-state index contributed by atoms with van der Waals surface area (Å²) in [6.07, 6.45) is 2.06. The molecule has 1 rings (SSSR count). The molecule has 0 unspecified atom stereocenters. The van der Waals surface area contributed by atoms with Crippen LogP contribution in [0.2, 0.25) is 0 Å². The van der Waals surface area contributed by atoms with Gasteiger partial charge in [-0.3, -0.25) is 0 Å². The van der Waals surface area contributed by atoms with Crippen molar-refractivity contribution >= 4 is 23.2 Å². The van der Waals surface area contributed by atoms with Crippen LogP contribution in [0.5, 0.6) is 0 Å². The molecule has 0 aliphatic heterocycles.